The molecule has 0 rings (SSSR count). The molecule has 0 aromatic carbocycles. The molecule has 0 fully saturated rings. The Morgan fingerprint density at radius 1 is 1.40 bits per heavy atom. The summed E-state index contributed by atoms with van der Waals surface area (Å²) in [5.74, 6) is 1.47. The molecule has 0 N–H and O–H groups in total. The molecule has 0 unspecified atom stereocenters. The van der Waals surface area contributed by atoms with Crippen molar-refractivity contribution in [2.45, 2.75) is 13.3 Å². The van der Waals surface area contributed by atoms with Gasteiger partial charge in [-0.05, 0) is 6.42 Å². The number of rotatable bonds is 4. The van der Waals surface area contributed by atoms with Crippen molar-refractivity contribution in [3.63, 3.8) is 0 Å². The highest BCUT2D eigenvalue weighted by molar-refractivity contribution is 7.57. The van der Waals surface area contributed by atoms with Crippen molar-refractivity contribution in [3.8, 4) is 0 Å². The summed E-state index contributed by atoms with van der Waals surface area (Å²) in [6.45, 7) is 1.95. The van der Waals surface area contributed by atoms with Gasteiger partial charge in [0.05, 0.1) is 0 Å². The van der Waals surface area contributed by atoms with E-state index in [0.29, 0.717) is 0 Å². The van der Waals surface area contributed by atoms with Crippen LogP contribution in [-0.2, 0) is 13.6 Å². The van der Waals surface area contributed by atoms with E-state index in [1.807, 2.05) is 6.92 Å². The van der Waals surface area contributed by atoms with E-state index in [-0.39, 0.29) is 0 Å². The maximum absolute atomic E-state index is 11.2. The molecule has 10 heavy (non-hydrogen) atoms. The van der Waals surface area contributed by atoms with Crippen LogP contribution < -0.4 is 0 Å². The Morgan fingerprint density at radius 3 is 2.20 bits per heavy atom. The average molecular weight is 164 g/mol. The van der Waals surface area contributed by atoms with Gasteiger partial charge in [-0.2, -0.15) is 0 Å². The first-order valence-electron chi connectivity index (χ1n) is 3.07. The van der Waals surface area contributed by atoms with E-state index in [1.54, 1.807) is 6.08 Å². The molecular formula is C6H13O3P. The van der Waals surface area contributed by atoms with Crippen molar-refractivity contribution in [1.82, 2.24) is 0 Å². The first kappa shape index (κ1) is 9.89. The molecule has 0 heterocycles. The van der Waals surface area contributed by atoms with Crippen molar-refractivity contribution in [2.75, 3.05) is 14.2 Å². The Hall–Kier alpha value is -0.110. The third kappa shape index (κ3) is 3.16. The Kier molecular flexibility index (Phi) is 4.62. The second-order valence-electron chi connectivity index (χ2n) is 1.70. The van der Waals surface area contributed by atoms with E-state index < -0.39 is 7.60 Å². The summed E-state index contributed by atoms with van der Waals surface area (Å²) in [4.78, 5) is 0. The largest absolute Gasteiger partial charge is 0.353 e. The fourth-order valence-electron chi connectivity index (χ4n) is 0.431. The van der Waals surface area contributed by atoms with E-state index in [2.05, 4.69) is 9.05 Å². The molecule has 0 aromatic rings. The molecule has 0 bridgehead atoms. The lowest BCUT2D eigenvalue weighted by Crippen LogP contribution is -1.82. The zero-order valence-electron chi connectivity index (χ0n) is 6.53. The summed E-state index contributed by atoms with van der Waals surface area (Å²) in [7, 11) is -0.148. The molecule has 0 aliphatic carbocycles. The summed E-state index contributed by atoms with van der Waals surface area (Å²) in [5.41, 5.74) is 0. The lowest BCUT2D eigenvalue weighted by Gasteiger charge is -2.06. The Bertz CT molecular complexity index is 145. The minimum absolute atomic E-state index is 0.830. The lowest BCUT2D eigenvalue weighted by atomic mass is 10.5. The third-order valence-electron chi connectivity index (χ3n) is 1.03. The normalized spacial score (nSPS) is 12.7. The summed E-state index contributed by atoms with van der Waals surface area (Å²) < 4.78 is 20.4. The molecule has 0 spiro atoms. The van der Waals surface area contributed by atoms with Gasteiger partial charge in [0.2, 0.25) is 0 Å². The number of hydrogen-bond acceptors (Lipinski definition) is 3. The molecule has 0 radical (unpaired) electrons. The molecule has 60 valence electrons. The van der Waals surface area contributed by atoms with Crippen LogP contribution in [0, 0.1) is 0 Å². The zero-order chi connectivity index (χ0) is 8.04. The monoisotopic (exact) mass is 164 g/mol. The highest BCUT2D eigenvalue weighted by Gasteiger charge is 2.14. The highest BCUT2D eigenvalue weighted by Crippen LogP contribution is 2.47. The Labute approximate surface area is 61.6 Å². The first-order valence-corrected chi connectivity index (χ1v) is 4.68. The molecule has 0 amide bonds. The maximum Gasteiger partial charge on any atom is 0.353 e. The number of hydrogen-bond donors (Lipinski definition) is 0. The highest BCUT2D eigenvalue weighted by atomic mass is 31.2. The maximum atomic E-state index is 11.2. The van der Waals surface area contributed by atoms with Crippen LogP contribution in [0.15, 0.2) is 11.9 Å². The van der Waals surface area contributed by atoms with Gasteiger partial charge in [-0.25, -0.2) is 0 Å². The van der Waals surface area contributed by atoms with Crippen LogP contribution in [0.1, 0.15) is 13.3 Å². The van der Waals surface area contributed by atoms with Gasteiger partial charge in [-0.1, -0.05) is 13.0 Å². The molecular weight excluding hydrogens is 151 g/mol. The van der Waals surface area contributed by atoms with E-state index >= 15 is 0 Å². The molecule has 0 aliphatic heterocycles. The molecule has 0 saturated carbocycles. The molecule has 3 nitrogen and oxygen atoms in total. The second-order valence-corrected chi connectivity index (χ2v) is 3.81. The topological polar surface area (TPSA) is 35.5 Å². The molecule has 0 saturated heterocycles. The van der Waals surface area contributed by atoms with Crippen LogP contribution >= 0.6 is 7.60 Å². The molecule has 0 aromatic heterocycles. The summed E-state index contributed by atoms with van der Waals surface area (Å²) in [5, 5.41) is 0. The van der Waals surface area contributed by atoms with Crippen molar-refractivity contribution < 1.29 is 13.6 Å². The molecule has 0 atom stereocenters. The van der Waals surface area contributed by atoms with Crippen molar-refractivity contribution in [1.29, 1.82) is 0 Å². The van der Waals surface area contributed by atoms with Gasteiger partial charge >= 0.3 is 7.60 Å². The minimum Gasteiger partial charge on any atom is -0.309 e. The van der Waals surface area contributed by atoms with Gasteiger partial charge in [0, 0.05) is 20.0 Å². The van der Waals surface area contributed by atoms with E-state index in [1.165, 1.54) is 20.0 Å². The van der Waals surface area contributed by atoms with Gasteiger partial charge in [-0.3, -0.25) is 4.57 Å². The summed E-state index contributed by atoms with van der Waals surface area (Å²) >= 11 is 0. The van der Waals surface area contributed by atoms with Crippen LogP contribution in [0.25, 0.3) is 0 Å². The number of allylic oxidation sites excluding steroid dienone is 1. The van der Waals surface area contributed by atoms with Crippen LogP contribution in [0.2, 0.25) is 0 Å². The van der Waals surface area contributed by atoms with Gasteiger partial charge < -0.3 is 9.05 Å². The van der Waals surface area contributed by atoms with Gasteiger partial charge in [0.1, 0.15) is 0 Å². The third-order valence-corrected chi connectivity index (χ3v) is 2.63. The van der Waals surface area contributed by atoms with Gasteiger partial charge in [0.25, 0.3) is 0 Å². The van der Waals surface area contributed by atoms with E-state index in [0.717, 1.165) is 6.42 Å². The van der Waals surface area contributed by atoms with Crippen molar-refractivity contribution in [2.24, 2.45) is 0 Å². The van der Waals surface area contributed by atoms with Crippen LogP contribution in [0.4, 0.5) is 0 Å². The van der Waals surface area contributed by atoms with Crippen LogP contribution in [0.5, 0.6) is 0 Å². The smallest absolute Gasteiger partial charge is 0.309 e. The Morgan fingerprint density at radius 2 is 1.90 bits per heavy atom. The average Bonchev–Trinajstić information content (AvgIpc) is 2.00. The second kappa shape index (κ2) is 4.67. The zero-order valence-corrected chi connectivity index (χ0v) is 7.43. The van der Waals surface area contributed by atoms with Crippen LogP contribution in [-0.4, -0.2) is 14.2 Å². The first-order chi connectivity index (χ1) is 4.68. The SMILES string of the molecule is CCC=CP(=O)(OC)OC. The standard InChI is InChI=1S/C6H13O3P/c1-4-5-6-10(7,8-2)9-3/h5-6H,4H2,1-3H3. The van der Waals surface area contributed by atoms with E-state index in [9.17, 15) is 4.57 Å². The van der Waals surface area contributed by atoms with Gasteiger partial charge in [-0.15, -0.1) is 0 Å². The van der Waals surface area contributed by atoms with Crippen molar-refractivity contribution in [3.05, 3.63) is 11.9 Å². The predicted octanol–water partition coefficient (Wildman–Crippen LogP) is 2.40. The Balaban J connectivity index is 4.07. The lowest BCUT2D eigenvalue weighted by molar-refractivity contribution is 0.286. The van der Waals surface area contributed by atoms with Crippen molar-refractivity contribution >= 4 is 7.60 Å². The summed E-state index contributed by atoms with van der Waals surface area (Å²) in [6.07, 6.45) is 2.59. The quantitative estimate of drug-likeness (QED) is 0.598. The predicted molar refractivity (Wildman–Crippen MR) is 41.1 cm³/mol. The molecule has 0 aliphatic rings. The minimum atomic E-state index is -2.88. The molecule has 4 heteroatoms. The fourth-order valence-corrected chi connectivity index (χ4v) is 1.29. The fraction of sp³-hybridized carbons (Fsp3) is 0.667. The van der Waals surface area contributed by atoms with Gasteiger partial charge in [0.15, 0.2) is 0 Å². The van der Waals surface area contributed by atoms with E-state index in [4.69, 9.17) is 0 Å². The van der Waals surface area contributed by atoms with Crippen LogP contribution in [0.3, 0.4) is 0 Å². The summed E-state index contributed by atoms with van der Waals surface area (Å²) in [6, 6.07) is 0.